The van der Waals surface area contributed by atoms with Crippen LogP contribution in [-0.4, -0.2) is 22.6 Å². The fraction of sp³-hybridized carbons (Fsp3) is 0.400. The smallest absolute Gasteiger partial charge is 0.188 e. The fourth-order valence-corrected chi connectivity index (χ4v) is 0.931. The van der Waals surface area contributed by atoms with Crippen LogP contribution in [0.15, 0.2) is 23.5 Å². The van der Waals surface area contributed by atoms with Gasteiger partial charge in [0.1, 0.15) is 11.4 Å². The standard InChI is InChI=1S/C10H15N3O2/c1-7(2)6-15-8-3-4-9(12-5-8)10(11)13-14/h3-5,7,14H,6H2,1-2H3,(H2,11,13). The monoisotopic (exact) mass is 209 g/mol. The lowest BCUT2D eigenvalue weighted by Gasteiger charge is -2.08. The van der Waals surface area contributed by atoms with E-state index in [9.17, 15) is 0 Å². The van der Waals surface area contributed by atoms with Gasteiger partial charge >= 0.3 is 0 Å². The molecule has 0 amide bonds. The van der Waals surface area contributed by atoms with Crippen molar-refractivity contribution in [3.8, 4) is 5.75 Å². The Morgan fingerprint density at radius 1 is 1.60 bits per heavy atom. The summed E-state index contributed by atoms with van der Waals surface area (Å²) in [5, 5.41) is 11.3. The molecule has 82 valence electrons. The molecule has 0 spiro atoms. The fourth-order valence-electron chi connectivity index (χ4n) is 0.931. The van der Waals surface area contributed by atoms with Gasteiger partial charge in [-0.15, -0.1) is 0 Å². The summed E-state index contributed by atoms with van der Waals surface area (Å²) in [5.41, 5.74) is 5.79. The van der Waals surface area contributed by atoms with Crippen molar-refractivity contribution in [2.24, 2.45) is 16.8 Å². The first-order valence-electron chi connectivity index (χ1n) is 4.70. The molecule has 5 nitrogen and oxygen atoms in total. The first kappa shape index (κ1) is 11.3. The predicted octanol–water partition coefficient (Wildman–Crippen LogP) is 1.21. The number of rotatable bonds is 4. The van der Waals surface area contributed by atoms with Gasteiger partial charge in [-0.25, -0.2) is 4.98 Å². The highest BCUT2D eigenvalue weighted by Crippen LogP contribution is 2.10. The summed E-state index contributed by atoms with van der Waals surface area (Å²) in [6.45, 7) is 4.78. The van der Waals surface area contributed by atoms with Crippen molar-refractivity contribution in [3.05, 3.63) is 24.0 Å². The lowest BCUT2D eigenvalue weighted by Crippen LogP contribution is -2.14. The third-order valence-electron chi connectivity index (χ3n) is 1.69. The van der Waals surface area contributed by atoms with Gasteiger partial charge in [0.2, 0.25) is 0 Å². The highest BCUT2D eigenvalue weighted by Gasteiger charge is 2.01. The quantitative estimate of drug-likeness (QED) is 0.338. The van der Waals surface area contributed by atoms with E-state index in [-0.39, 0.29) is 5.84 Å². The lowest BCUT2D eigenvalue weighted by atomic mass is 10.2. The van der Waals surface area contributed by atoms with Gasteiger partial charge in [0.15, 0.2) is 5.84 Å². The zero-order valence-electron chi connectivity index (χ0n) is 8.84. The number of nitrogens with two attached hydrogens (primary N) is 1. The molecule has 1 aromatic heterocycles. The highest BCUT2D eigenvalue weighted by atomic mass is 16.5. The van der Waals surface area contributed by atoms with Crippen molar-refractivity contribution >= 4 is 5.84 Å². The first-order chi connectivity index (χ1) is 7.13. The second kappa shape index (κ2) is 5.19. The third-order valence-corrected chi connectivity index (χ3v) is 1.69. The predicted molar refractivity (Wildman–Crippen MR) is 57.1 cm³/mol. The average molecular weight is 209 g/mol. The van der Waals surface area contributed by atoms with Crippen LogP contribution < -0.4 is 10.5 Å². The number of ether oxygens (including phenoxy) is 1. The minimum atomic E-state index is -0.00888. The molecule has 0 radical (unpaired) electrons. The van der Waals surface area contributed by atoms with Gasteiger partial charge in [-0.3, -0.25) is 0 Å². The normalized spacial score (nSPS) is 11.8. The van der Waals surface area contributed by atoms with Gasteiger partial charge in [0, 0.05) is 0 Å². The molecule has 0 bridgehead atoms. The molecule has 1 heterocycles. The summed E-state index contributed by atoms with van der Waals surface area (Å²) < 4.78 is 5.43. The van der Waals surface area contributed by atoms with Crippen molar-refractivity contribution in [2.45, 2.75) is 13.8 Å². The van der Waals surface area contributed by atoms with Gasteiger partial charge in [0.25, 0.3) is 0 Å². The second-order valence-electron chi connectivity index (χ2n) is 3.57. The van der Waals surface area contributed by atoms with E-state index in [0.717, 1.165) is 0 Å². The Morgan fingerprint density at radius 3 is 2.80 bits per heavy atom. The Bertz CT molecular complexity index is 333. The molecular formula is C10H15N3O2. The van der Waals surface area contributed by atoms with Crippen LogP contribution in [0.3, 0.4) is 0 Å². The Hall–Kier alpha value is -1.78. The summed E-state index contributed by atoms with van der Waals surface area (Å²) in [7, 11) is 0. The topological polar surface area (TPSA) is 80.7 Å². The molecule has 0 atom stereocenters. The summed E-state index contributed by atoms with van der Waals surface area (Å²) in [5.74, 6) is 1.14. The van der Waals surface area contributed by atoms with Crippen LogP contribution in [0.4, 0.5) is 0 Å². The molecule has 1 rings (SSSR count). The molecule has 0 aromatic carbocycles. The minimum Gasteiger partial charge on any atom is -0.492 e. The van der Waals surface area contributed by atoms with Crippen LogP contribution in [-0.2, 0) is 0 Å². The molecule has 0 saturated carbocycles. The maximum Gasteiger partial charge on any atom is 0.188 e. The van der Waals surface area contributed by atoms with E-state index in [0.29, 0.717) is 24.0 Å². The molecule has 0 aliphatic carbocycles. The van der Waals surface area contributed by atoms with Gasteiger partial charge in [-0.1, -0.05) is 19.0 Å². The van der Waals surface area contributed by atoms with Crippen LogP contribution in [0.2, 0.25) is 0 Å². The van der Waals surface area contributed by atoms with E-state index >= 15 is 0 Å². The zero-order chi connectivity index (χ0) is 11.3. The van der Waals surface area contributed by atoms with E-state index in [4.69, 9.17) is 15.7 Å². The van der Waals surface area contributed by atoms with Crippen molar-refractivity contribution < 1.29 is 9.94 Å². The Kier molecular flexibility index (Phi) is 3.91. The summed E-state index contributed by atoms with van der Waals surface area (Å²) in [6, 6.07) is 3.38. The summed E-state index contributed by atoms with van der Waals surface area (Å²) in [6.07, 6.45) is 1.55. The number of hydrogen-bond acceptors (Lipinski definition) is 4. The Balaban J connectivity index is 2.64. The number of pyridine rings is 1. The Labute approximate surface area is 88.6 Å². The largest absolute Gasteiger partial charge is 0.492 e. The molecular weight excluding hydrogens is 194 g/mol. The molecule has 0 aliphatic heterocycles. The Morgan fingerprint density at radius 2 is 2.33 bits per heavy atom. The number of aromatic nitrogens is 1. The molecule has 5 heteroatoms. The number of nitrogens with zero attached hydrogens (tertiary/aromatic N) is 2. The highest BCUT2D eigenvalue weighted by molar-refractivity contribution is 5.95. The van der Waals surface area contributed by atoms with Crippen LogP contribution in [0.1, 0.15) is 19.5 Å². The molecule has 15 heavy (non-hydrogen) atoms. The van der Waals surface area contributed by atoms with Crippen LogP contribution in [0.25, 0.3) is 0 Å². The van der Waals surface area contributed by atoms with E-state index in [1.54, 1.807) is 18.3 Å². The van der Waals surface area contributed by atoms with E-state index < -0.39 is 0 Å². The second-order valence-corrected chi connectivity index (χ2v) is 3.57. The average Bonchev–Trinajstić information content (AvgIpc) is 2.26. The number of hydrogen-bond donors (Lipinski definition) is 2. The molecule has 1 aromatic rings. The van der Waals surface area contributed by atoms with Gasteiger partial charge in [-0.05, 0) is 18.1 Å². The van der Waals surface area contributed by atoms with Crippen molar-refractivity contribution in [2.75, 3.05) is 6.61 Å². The van der Waals surface area contributed by atoms with Crippen molar-refractivity contribution in [1.29, 1.82) is 0 Å². The zero-order valence-corrected chi connectivity index (χ0v) is 8.84. The third kappa shape index (κ3) is 3.46. The van der Waals surface area contributed by atoms with Crippen LogP contribution >= 0.6 is 0 Å². The molecule has 0 saturated heterocycles. The van der Waals surface area contributed by atoms with Crippen molar-refractivity contribution in [1.82, 2.24) is 4.98 Å². The van der Waals surface area contributed by atoms with Crippen LogP contribution in [0.5, 0.6) is 5.75 Å². The molecule has 0 aliphatic rings. The van der Waals surface area contributed by atoms with Gasteiger partial charge in [0.05, 0.1) is 12.8 Å². The number of oxime groups is 1. The summed E-state index contributed by atoms with van der Waals surface area (Å²) >= 11 is 0. The molecule has 0 fully saturated rings. The minimum absolute atomic E-state index is 0.00888. The number of amidine groups is 1. The lowest BCUT2D eigenvalue weighted by molar-refractivity contribution is 0.270. The van der Waals surface area contributed by atoms with Gasteiger partial charge in [-0.2, -0.15) is 0 Å². The van der Waals surface area contributed by atoms with Gasteiger partial charge < -0.3 is 15.7 Å². The van der Waals surface area contributed by atoms with Crippen LogP contribution in [0, 0.1) is 5.92 Å². The molecule has 3 N–H and O–H groups in total. The van der Waals surface area contributed by atoms with Crippen molar-refractivity contribution in [3.63, 3.8) is 0 Å². The summed E-state index contributed by atoms with van der Waals surface area (Å²) in [4.78, 5) is 3.99. The molecule has 0 unspecified atom stereocenters. The maximum absolute atomic E-state index is 8.43. The van der Waals surface area contributed by atoms with E-state index in [1.165, 1.54) is 0 Å². The van der Waals surface area contributed by atoms with E-state index in [1.807, 2.05) is 0 Å². The first-order valence-corrected chi connectivity index (χ1v) is 4.70. The maximum atomic E-state index is 8.43. The van der Waals surface area contributed by atoms with E-state index in [2.05, 4.69) is 24.0 Å². The SMILES string of the molecule is CC(C)COc1ccc(/C(N)=N\O)nc1.